The van der Waals surface area contributed by atoms with E-state index in [2.05, 4.69) is 46.6 Å². The molecule has 3 rings (SSSR count). The lowest BCUT2D eigenvalue weighted by molar-refractivity contribution is 0.311. The van der Waals surface area contributed by atoms with Gasteiger partial charge in [0.15, 0.2) is 0 Å². The van der Waals surface area contributed by atoms with Gasteiger partial charge in [0.25, 0.3) is 0 Å². The zero-order chi connectivity index (χ0) is 16.2. The number of hydrogen-bond acceptors (Lipinski definition) is 5. The second-order valence-electron chi connectivity index (χ2n) is 5.51. The quantitative estimate of drug-likeness (QED) is 0.674. The van der Waals surface area contributed by atoms with E-state index in [-0.39, 0.29) is 6.61 Å². The Bertz CT molecular complexity index is 832. The number of para-hydroxylation sites is 1. The summed E-state index contributed by atoms with van der Waals surface area (Å²) >= 11 is 0. The maximum atomic E-state index is 9.05. The first-order valence-electron chi connectivity index (χ1n) is 7.63. The minimum absolute atomic E-state index is 0.0537. The molecule has 0 bridgehead atoms. The van der Waals surface area contributed by atoms with Gasteiger partial charge in [0.2, 0.25) is 5.95 Å². The standard InChI is InChI=1S/C18H20N4O/c1-12-7-8-15(13(2)11-12)20-18-21-16-6-4-3-5-14(16)17(22-18)19-9-10-23/h3-8,11,23H,9-10H2,1-2H3,(H2,19,20,21,22). The van der Waals surface area contributed by atoms with E-state index in [1.165, 1.54) is 5.56 Å². The number of aliphatic hydroxyl groups excluding tert-OH is 1. The molecule has 0 amide bonds. The Balaban J connectivity index is 2.00. The number of nitrogens with zero attached hydrogens (tertiary/aromatic N) is 2. The van der Waals surface area contributed by atoms with E-state index in [4.69, 9.17) is 5.11 Å². The molecule has 0 aliphatic rings. The molecule has 0 atom stereocenters. The van der Waals surface area contributed by atoms with Crippen molar-refractivity contribution in [3.05, 3.63) is 53.6 Å². The summed E-state index contributed by atoms with van der Waals surface area (Å²) in [5.74, 6) is 1.26. The lowest BCUT2D eigenvalue weighted by atomic mass is 10.1. The minimum Gasteiger partial charge on any atom is -0.395 e. The van der Waals surface area contributed by atoms with E-state index < -0.39 is 0 Å². The van der Waals surface area contributed by atoms with Crippen LogP contribution in [0.15, 0.2) is 42.5 Å². The molecule has 0 aliphatic heterocycles. The van der Waals surface area contributed by atoms with Crippen molar-refractivity contribution in [2.45, 2.75) is 13.8 Å². The monoisotopic (exact) mass is 308 g/mol. The topological polar surface area (TPSA) is 70.1 Å². The van der Waals surface area contributed by atoms with E-state index >= 15 is 0 Å². The second kappa shape index (κ2) is 6.62. The highest BCUT2D eigenvalue weighted by atomic mass is 16.3. The van der Waals surface area contributed by atoms with E-state index in [0.29, 0.717) is 12.5 Å². The Kier molecular flexibility index (Phi) is 4.39. The van der Waals surface area contributed by atoms with Gasteiger partial charge in [-0.3, -0.25) is 0 Å². The fourth-order valence-electron chi connectivity index (χ4n) is 2.52. The van der Waals surface area contributed by atoms with E-state index in [1.807, 2.05) is 30.3 Å². The molecule has 23 heavy (non-hydrogen) atoms. The number of anilines is 3. The number of aryl methyl sites for hydroxylation is 2. The van der Waals surface area contributed by atoms with Crippen molar-refractivity contribution >= 4 is 28.4 Å². The van der Waals surface area contributed by atoms with Gasteiger partial charge in [0.05, 0.1) is 12.1 Å². The molecule has 2 aromatic carbocycles. The molecule has 1 heterocycles. The lowest BCUT2D eigenvalue weighted by Crippen LogP contribution is -2.09. The van der Waals surface area contributed by atoms with Crippen molar-refractivity contribution in [1.29, 1.82) is 0 Å². The number of rotatable bonds is 5. The molecule has 0 unspecified atom stereocenters. The van der Waals surface area contributed by atoms with Crippen LogP contribution in [-0.4, -0.2) is 28.2 Å². The summed E-state index contributed by atoms with van der Waals surface area (Å²) in [5.41, 5.74) is 4.21. The zero-order valence-corrected chi connectivity index (χ0v) is 13.3. The number of benzene rings is 2. The lowest BCUT2D eigenvalue weighted by Gasteiger charge is -2.12. The first kappa shape index (κ1) is 15.2. The van der Waals surface area contributed by atoms with Crippen LogP contribution < -0.4 is 10.6 Å². The van der Waals surface area contributed by atoms with Crippen LogP contribution >= 0.6 is 0 Å². The maximum absolute atomic E-state index is 9.05. The minimum atomic E-state index is 0.0537. The third kappa shape index (κ3) is 3.40. The normalized spacial score (nSPS) is 10.7. The van der Waals surface area contributed by atoms with Gasteiger partial charge in [-0.2, -0.15) is 4.98 Å². The van der Waals surface area contributed by atoms with Gasteiger partial charge in [0, 0.05) is 17.6 Å². The zero-order valence-electron chi connectivity index (χ0n) is 13.3. The highest BCUT2D eigenvalue weighted by Crippen LogP contribution is 2.25. The van der Waals surface area contributed by atoms with Gasteiger partial charge in [0.1, 0.15) is 5.82 Å². The largest absolute Gasteiger partial charge is 0.395 e. The van der Waals surface area contributed by atoms with E-state index in [0.717, 1.165) is 28.0 Å². The van der Waals surface area contributed by atoms with Gasteiger partial charge in [-0.15, -0.1) is 0 Å². The number of aliphatic hydroxyl groups is 1. The fourth-order valence-corrected chi connectivity index (χ4v) is 2.52. The van der Waals surface area contributed by atoms with Crippen molar-refractivity contribution in [2.24, 2.45) is 0 Å². The van der Waals surface area contributed by atoms with Crippen LogP contribution in [-0.2, 0) is 0 Å². The van der Waals surface area contributed by atoms with Crippen molar-refractivity contribution in [3.8, 4) is 0 Å². The summed E-state index contributed by atoms with van der Waals surface area (Å²) in [4.78, 5) is 9.13. The first-order valence-corrected chi connectivity index (χ1v) is 7.63. The van der Waals surface area contributed by atoms with E-state index in [9.17, 15) is 0 Å². The Morgan fingerprint density at radius 1 is 1.04 bits per heavy atom. The third-order valence-electron chi connectivity index (χ3n) is 3.64. The molecule has 0 saturated heterocycles. The van der Waals surface area contributed by atoms with Gasteiger partial charge in [-0.05, 0) is 37.6 Å². The molecule has 1 aromatic heterocycles. The Morgan fingerprint density at radius 3 is 2.65 bits per heavy atom. The summed E-state index contributed by atoms with van der Waals surface area (Å²) in [7, 11) is 0. The third-order valence-corrected chi connectivity index (χ3v) is 3.64. The van der Waals surface area contributed by atoms with Crippen LogP contribution in [0.4, 0.5) is 17.5 Å². The highest BCUT2D eigenvalue weighted by Gasteiger charge is 2.08. The molecule has 5 nitrogen and oxygen atoms in total. The molecule has 5 heteroatoms. The summed E-state index contributed by atoms with van der Waals surface area (Å²) in [6, 6.07) is 14.0. The van der Waals surface area contributed by atoms with Crippen LogP contribution in [0.3, 0.4) is 0 Å². The second-order valence-corrected chi connectivity index (χ2v) is 5.51. The number of fused-ring (bicyclic) bond motifs is 1. The predicted molar refractivity (Wildman–Crippen MR) is 94.3 cm³/mol. The molecule has 0 aliphatic carbocycles. The molecule has 118 valence electrons. The van der Waals surface area contributed by atoms with Crippen LogP contribution in [0.5, 0.6) is 0 Å². The van der Waals surface area contributed by atoms with Crippen LogP contribution in [0.2, 0.25) is 0 Å². The summed E-state index contributed by atoms with van der Waals surface area (Å²) in [6.07, 6.45) is 0. The van der Waals surface area contributed by atoms with Crippen molar-refractivity contribution in [1.82, 2.24) is 9.97 Å². The van der Waals surface area contributed by atoms with Crippen molar-refractivity contribution in [2.75, 3.05) is 23.8 Å². The number of nitrogens with one attached hydrogen (secondary N) is 2. The Morgan fingerprint density at radius 2 is 1.87 bits per heavy atom. The SMILES string of the molecule is Cc1ccc(Nc2nc(NCCO)c3ccccc3n2)c(C)c1. The predicted octanol–water partition coefficient (Wildman–Crippen LogP) is 3.39. The van der Waals surface area contributed by atoms with Crippen LogP contribution in [0, 0.1) is 13.8 Å². The molecule has 0 radical (unpaired) electrons. The molecular formula is C18H20N4O. The Hall–Kier alpha value is -2.66. The molecule has 0 fully saturated rings. The number of aromatic nitrogens is 2. The molecule has 0 spiro atoms. The molecular weight excluding hydrogens is 288 g/mol. The van der Waals surface area contributed by atoms with Crippen LogP contribution in [0.1, 0.15) is 11.1 Å². The van der Waals surface area contributed by atoms with Gasteiger partial charge < -0.3 is 15.7 Å². The number of hydrogen-bond donors (Lipinski definition) is 3. The first-order chi connectivity index (χ1) is 11.2. The van der Waals surface area contributed by atoms with Gasteiger partial charge >= 0.3 is 0 Å². The molecule has 3 N–H and O–H groups in total. The van der Waals surface area contributed by atoms with Gasteiger partial charge in [-0.25, -0.2) is 4.98 Å². The van der Waals surface area contributed by atoms with Gasteiger partial charge in [-0.1, -0.05) is 29.8 Å². The highest BCUT2D eigenvalue weighted by molar-refractivity contribution is 5.90. The van der Waals surface area contributed by atoms with Crippen molar-refractivity contribution < 1.29 is 5.11 Å². The molecule has 0 saturated carbocycles. The molecule has 3 aromatic rings. The maximum Gasteiger partial charge on any atom is 0.229 e. The fraction of sp³-hybridized carbons (Fsp3) is 0.222. The summed E-state index contributed by atoms with van der Waals surface area (Å²) < 4.78 is 0. The summed E-state index contributed by atoms with van der Waals surface area (Å²) in [5, 5.41) is 16.4. The average Bonchev–Trinajstić information content (AvgIpc) is 2.55. The Labute approximate surface area is 135 Å². The summed E-state index contributed by atoms with van der Waals surface area (Å²) in [6.45, 7) is 4.63. The van der Waals surface area contributed by atoms with Crippen molar-refractivity contribution in [3.63, 3.8) is 0 Å². The smallest absolute Gasteiger partial charge is 0.229 e. The van der Waals surface area contributed by atoms with E-state index in [1.54, 1.807) is 0 Å². The average molecular weight is 308 g/mol. The van der Waals surface area contributed by atoms with Crippen LogP contribution in [0.25, 0.3) is 10.9 Å².